The van der Waals surface area contributed by atoms with E-state index in [9.17, 15) is 4.79 Å². The third kappa shape index (κ3) is 3.34. The smallest absolute Gasteiger partial charge is 0.258 e. The summed E-state index contributed by atoms with van der Waals surface area (Å²) in [5.74, 6) is 1.32. The molecule has 30 heavy (non-hydrogen) atoms. The molecule has 3 heterocycles. The Morgan fingerprint density at radius 2 is 2.07 bits per heavy atom. The lowest BCUT2D eigenvalue weighted by Gasteiger charge is -2.20. The van der Waals surface area contributed by atoms with Gasteiger partial charge in [0.1, 0.15) is 18.1 Å². The Morgan fingerprint density at radius 1 is 1.13 bits per heavy atom. The van der Waals surface area contributed by atoms with Crippen molar-refractivity contribution in [2.24, 2.45) is 0 Å². The van der Waals surface area contributed by atoms with Crippen molar-refractivity contribution in [2.75, 3.05) is 20.3 Å². The number of hydrogen-bond acceptors (Lipinski definition) is 5. The quantitative estimate of drug-likeness (QED) is 0.525. The van der Waals surface area contributed by atoms with Gasteiger partial charge in [-0.1, -0.05) is 18.2 Å². The normalized spacial score (nSPS) is 13.6. The molecule has 5 rings (SSSR count). The van der Waals surface area contributed by atoms with Gasteiger partial charge < -0.3 is 14.4 Å². The number of amides is 1. The van der Waals surface area contributed by atoms with Gasteiger partial charge in [0, 0.05) is 30.6 Å². The van der Waals surface area contributed by atoms with Crippen LogP contribution in [-0.4, -0.2) is 45.7 Å². The Balaban J connectivity index is 1.43. The number of fused-ring (bicyclic) bond motifs is 2. The van der Waals surface area contributed by atoms with Gasteiger partial charge in [-0.05, 0) is 35.4 Å². The molecular weight excluding hydrogens is 380 g/mol. The van der Waals surface area contributed by atoms with Crippen LogP contribution in [0, 0.1) is 0 Å². The summed E-state index contributed by atoms with van der Waals surface area (Å²) in [5, 5.41) is 4.23. The maximum atomic E-state index is 13.2. The second kappa shape index (κ2) is 7.51. The van der Waals surface area contributed by atoms with Crippen molar-refractivity contribution in [2.45, 2.75) is 6.54 Å². The first kappa shape index (κ1) is 18.2. The van der Waals surface area contributed by atoms with Crippen LogP contribution in [0.1, 0.15) is 15.9 Å². The van der Waals surface area contributed by atoms with Gasteiger partial charge >= 0.3 is 0 Å². The van der Waals surface area contributed by atoms with Gasteiger partial charge in [-0.2, -0.15) is 5.10 Å². The van der Waals surface area contributed by atoms with Crippen molar-refractivity contribution in [1.29, 1.82) is 0 Å². The summed E-state index contributed by atoms with van der Waals surface area (Å²) >= 11 is 0. The summed E-state index contributed by atoms with van der Waals surface area (Å²) in [4.78, 5) is 19.4. The summed E-state index contributed by atoms with van der Waals surface area (Å²) < 4.78 is 13.0. The van der Waals surface area contributed by atoms with Crippen molar-refractivity contribution in [1.82, 2.24) is 19.5 Å². The number of rotatable bonds is 4. The van der Waals surface area contributed by atoms with Crippen LogP contribution in [0.4, 0.5) is 0 Å². The zero-order valence-electron chi connectivity index (χ0n) is 16.5. The monoisotopic (exact) mass is 400 g/mol. The average molecular weight is 400 g/mol. The fraction of sp³-hybridized carbons (Fsp3) is 0.174. The maximum absolute atomic E-state index is 13.2. The first-order valence-electron chi connectivity index (χ1n) is 9.70. The number of methoxy groups -OCH3 is 1. The van der Waals surface area contributed by atoms with Crippen LogP contribution in [0.25, 0.3) is 16.8 Å². The summed E-state index contributed by atoms with van der Waals surface area (Å²) in [7, 11) is 1.64. The molecule has 7 heteroatoms. The van der Waals surface area contributed by atoms with Gasteiger partial charge in [-0.15, -0.1) is 0 Å². The highest BCUT2D eigenvalue weighted by Gasteiger charge is 2.24. The van der Waals surface area contributed by atoms with E-state index in [4.69, 9.17) is 9.47 Å². The number of benzene rings is 2. The van der Waals surface area contributed by atoms with Crippen LogP contribution in [0.15, 0.2) is 67.1 Å². The number of ether oxygens (including phenoxy) is 2. The lowest BCUT2D eigenvalue weighted by Crippen LogP contribution is -2.31. The number of carbonyl (C=O) groups is 1. The van der Waals surface area contributed by atoms with Crippen molar-refractivity contribution < 1.29 is 14.3 Å². The molecule has 2 aromatic heterocycles. The van der Waals surface area contributed by atoms with Crippen molar-refractivity contribution >= 4 is 11.6 Å². The molecule has 0 N–H and O–H groups in total. The predicted molar refractivity (Wildman–Crippen MR) is 112 cm³/mol. The molecule has 0 saturated heterocycles. The maximum Gasteiger partial charge on any atom is 0.258 e. The molecule has 150 valence electrons. The lowest BCUT2D eigenvalue weighted by atomic mass is 10.0. The van der Waals surface area contributed by atoms with E-state index in [1.54, 1.807) is 28.9 Å². The van der Waals surface area contributed by atoms with Crippen LogP contribution in [0.2, 0.25) is 0 Å². The van der Waals surface area contributed by atoms with E-state index in [2.05, 4.69) is 10.1 Å². The van der Waals surface area contributed by atoms with Gasteiger partial charge in [-0.3, -0.25) is 4.79 Å². The van der Waals surface area contributed by atoms with Crippen LogP contribution in [0.3, 0.4) is 0 Å². The topological polar surface area (TPSA) is 69.0 Å². The molecule has 1 aliphatic heterocycles. The van der Waals surface area contributed by atoms with Gasteiger partial charge in [0.05, 0.1) is 25.4 Å². The van der Waals surface area contributed by atoms with E-state index >= 15 is 0 Å². The van der Waals surface area contributed by atoms with E-state index in [0.717, 1.165) is 28.1 Å². The number of hydrogen-bond donors (Lipinski definition) is 0. The largest absolute Gasteiger partial charge is 0.497 e. The highest BCUT2D eigenvalue weighted by atomic mass is 16.5. The molecule has 0 radical (unpaired) electrons. The van der Waals surface area contributed by atoms with E-state index in [0.29, 0.717) is 31.0 Å². The van der Waals surface area contributed by atoms with Gasteiger partial charge in [-0.25, -0.2) is 9.50 Å². The number of aromatic nitrogens is 3. The lowest BCUT2D eigenvalue weighted by molar-refractivity contribution is 0.0743. The Kier molecular flexibility index (Phi) is 4.55. The minimum absolute atomic E-state index is 0.0440. The third-order valence-electron chi connectivity index (χ3n) is 5.21. The standard InChI is InChI=1S/C23H20N4O3/c1-29-19-4-2-3-16(11-19)14-26-9-10-30-21-12-17(5-6-20(21)23(26)28)18-13-24-22-7-8-25-27(22)15-18/h2-8,11-13,15H,9-10,14H2,1H3. The molecule has 0 fully saturated rings. The zero-order valence-corrected chi connectivity index (χ0v) is 16.5. The van der Waals surface area contributed by atoms with Crippen LogP contribution in [0.5, 0.6) is 11.5 Å². The van der Waals surface area contributed by atoms with E-state index in [1.807, 2.05) is 54.7 Å². The zero-order chi connectivity index (χ0) is 20.5. The Bertz CT molecular complexity index is 1230. The van der Waals surface area contributed by atoms with Gasteiger partial charge in [0.25, 0.3) is 5.91 Å². The molecule has 0 spiro atoms. The third-order valence-corrected chi connectivity index (χ3v) is 5.21. The minimum atomic E-state index is -0.0440. The van der Waals surface area contributed by atoms with Gasteiger partial charge in [0.2, 0.25) is 0 Å². The first-order chi connectivity index (χ1) is 14.7. The molecule has 0 atom stereocenters. The first-order valence-corrected chi connectivity index (χ1v) is 9.70. The van der Waals surface area contributed by atoms with Crippen molar-refractivity contribution in [3.05, 3.63) is 78.2 Å². The number of carbonyl (C=O) groups excluding carboxylic acids is 1. The molecule has 1 aliphatic rings. The highest BCUT2D eigenvalue weighted by Crippen LogP contribution is 2.30. The predicted octanol–water partition coefficient (Wildman–Crippen LogP) is 3.44. The molecule has 0 unspecified atom stereocenters. The Morgan fingerprint density at radius 3 is 2.97 bits per heavy atom. The van der Waals surface area contributed by atoms with E-state index < -0.39 is 0 Å². The van der Waals surface area contributed by atoms with Crippen LogP contribution in [-0.2, 0) is 6.54 Å². The summed E-state index contributed by atoms with van der Waals surface area (Å²) in [5.41, 5.74) is 4.19. The second-order valence-corrected chi connectivity index (χ2v) is 7.11. The van der Waals surface area contributed by atoms with E-state index in [-0.39, 0.29) is 5.91 Å². The Hall–Kier alpha value is -3.87. The summed E-state index contributed by atoms with van der Waals surface area (Å²) in [6.07, 6.45) is 5.42. The van der Waals surface area contributed by atoms with Crippen molar-refractivity contribution in [3.63, 3.8) is 0 Å². The fourth-order valence-electron chi connectivity index (χ4n) is 3.64. The molecule has 7 nitrogen and oxygen atoms in total. The Labute approximate surface area is 173 Å². The van der Waals surface area contributed by atoms with Crippen molar-refractivity contribution in [3.8, 4) is 22.6 Å². The summed E-state index contributed by atoms with van der Waals surface area (Å²) in [6, 6.07) is 15.2. The van der Waals surface area contributed by atoms with E-state index in [1.165, 1.54) is 0 Å². The second-order valence-electron chi connectivity index (χ2n) is 7.11. The van der Waals surface area contributed by atoms with Gasteiger partial charge in [0.15, 0.2) is 5.65 Å². The molecule has 4 aromatic rings. The highest BCUT2D eigenvalue weighted by molar-refractivity contribution is 5.98. The van der Waals surface area contributed by atoms with Crippen LogP contribution < -0.4 is 9.47 Å². The molecule has 0 bridgehead atoms. The van der Waals surface area contributed by atoms with Crippen LogP contribution >= 0.6 is 0 Å². The average Bonchev–Trinajstić information content (AvgIpc) is 3.20. The molecule has 1 amide bonds. The fourth-order valence-corrected chi connectivity index (χ4v) is 3.64. The number of nitrogens with zero attached hydrogens (tertiary/aromatic N) is 4. The molecular formula is C23H20N4O3. The molecule has 0 saturated carbocycles. The molecule has 0 aliphatic carbocycles. The SMILES string of the molecule is COc1cccc(CN2CCOc3cc(-c4cnc5ccnn5c4)ccc3C2=O)c1. The summed E-state index contributed by atoms with van der Waals surface area (Å²) in [6.45, 7) is 1.45. The minimum Gasteiger partial charge on any atom is -0.497 e. The molecule has 2 aromatic carbocycles.